The van der Waals surface area contributed by atoms with Crippen LogP contribution in [0.2, 0.25) is 0 Å². The summed E-state index contributed by atoms with van der Waals surface area (Å²) in [4.78, 5) is 21.9. The summed E-state index contributed by atoms with van der Waals surface area (Å²) in [7, 11) is 0. The number of Topliss-reactive ketones (excluding diaryl/α,β-unsaturated/α-hetero) is 1. The molecule has 22 heavy (non-hydrogen) atoms. The molecule has 1 fully saturated rings. The van der Waals surface area contributed by atoms with E-state index in [9.17, 15) is 10.1 Å². The Kier molecular flexibility index (Phi) is 4.29. The van der Waals surface area contributed by atoms with Crippen molar-refractivity contribution in [2.24, 2.45) is 15.4 Å². The molecule has 1 aliphatic carbocycles. The first-order valence-electron chi connectivity index (χ1n) is 7.07. The number of ketones is 1. The van der Waals surface area contributed by atoms with Gasteiger partial charge in [-0.05, 0) is 25.9 Å². The van der Waals surface area contributed by atoms with Gasteiger partial charge in [0.1, 0.15) is 17.5 Å². The Morgan fingerprint density at radius 1 is 1.55 bits per heavy atom. The molecule has 0 aromatic rings. The predicted octanol–water partition coefficient (Wildman–Crippen LogP) is 1.71. The van der Waals surface area contributed by atoms with E-state index in [2.05, 4.69) is 23.4 Å². The van der Waals surface area contributed by atoms with Crippen molar-refractivity contribution in [3.8, 4) is 6.07 Å². The van der Waals surface area contributed by atoms with E-state index < -0.39 is 11.0 Å². The lowest BCUT2D eigenvalue weighted by Gasteiger charge is -2.47. The van der Waals surface area contributed by atoms with Crippen LogP contribution in [0.25, 0.3) is 0 Å². The smallest absolute Gasteiger partial charge is 0.178 e. The lowest BCUT2D eigenvalue weighted by Crippen LogP contribution is -2.55. The molecule has 1 atom stereocenters. The van der Waals surface area contributed by atoms with Gasteiger partial charge in [-0.15, -0.1) is 0 Å². The average molecular weight is 300 g/mol. The first-order chi connectivity index (χ1) is 10.4. The number of carbonyl (C=O) groups is 1. The summed E-state index contributed by atoms with van der Waals surface area (Å²) in [6.07, 6.45) is 3.72. The Morgan fingerprint density at radius 2 is 2.27 bits per heavy atom. The lowest BCUT2D eigenvalue weighted by molar-refractivity contribution is -0.135. The van der Waals surface area contributed by atoms with E-state index in [-0.39, 0.29) is 11.4 Å². The van der Waals surface area contributed by atoms with Crippen molar-refractivity contribution in [2.45, 2.75) is 25.9 Å². The number of nitrogens with zero attached hydrogens (tertiary/aromatic N) is 4. The summed E-state index contributed by atoms with van der Waals surface area (Å²) in [5.41, 5.74) is -1.14. The van der Waals surface area contributed by atoms with Crippen molar-refractivity contribution in [1.29, 1.82) is 5.26 Å². The number of ether oxygens (including phenoxy) is 1. The zero-order valence-corrected chi connectivity index (χ0v) is 13.0. The van der Waals surface area contributed by atoms with Gasteiger partial charge in [-0.2, -0.15) is 5.26 Å². The lowest BCUT2D eigenvalue weighted by atomic mass is 9.69. The molecule has 1 aliphatic heterocycles. The van der Waals surface area contributed by atoms with Crippen LogP contribution in [0.1, 0.15) is 20.3 Å². The van der Waals surface area contributed by atoms with E-state index in [1.807, 2.05) is 24.8 Å². The molecule has 0 saturated carbocycles. The zero-order chi connectivity index (χ0) is 16.4. The largest absolute Gasteiger partial charge is 0.367 e. The molecule has 0 bridgehead atoms. The molecule has 2 aliphatic rings. The minimum atomic E-state index is -0.675. The fourth-order valence-corrected chi connectivity index (χ4v) is 3.16. The molecule has 0 radical (unpaired) electrons. The molecule has 6 heteroatoms. The highest BCUT2D eigenvalue weighted by Gasteiger charge is 2.48. The Hall–Kier alpha value is -2.26. The van der Waals surface area contributed by atoms with Crippen molar-refractivity contribution in [3.63, 3.8) is 0 Å². The highest BCUT2D eigenvalue weighted by Crippen LogP contribution is 2.41. The van der Waals surface area contributed by atoms with Crippen LogP contribution in [0.5, 0.6) is 0 Å². The van der Waals surface area contributed by atoms with E-state index in [0.29, 0.717) is 31.9 Å². The Bertz CT molecular complexity index is 612. The maximum absolute atomic E-state index is 12.3. The van der Waals surface area contributed by atoms with Gasteiger partial charge in [0.05, 0.1) is 24.9 Å². The van der Waals surface area contributed by atoms with E-state index in [1.54, 1.807) is 12.3 Å². The fourth-order valence-electron chi connectivity index (χ4n) is 3.16. The quantitative estimate of drug-likeness (QED) is 0.743. The molecular formula is C16H20N4O2. The molecule has 0 aromatic carbocycles. The first kappa shape index (κ1) is 16.1. The molecule has 2 rings (SSSR count). The van der Waals surface area contributed by atoms with Crippen molar-refractivity contribution >= 4 is 19.2 Å². The standard InChI is InChI=1S/C16H20N4O2/c1-15(2)10-16(7-12(8-17)14(15)21)11-20(5-6-22-16)13(19-4)9-18-3/h7,9H,3-6,10-11H2,1-2H3/b13-9+. The van der Waals surface area contributed by atoms with Crippen LogP contribution in [0.15, 0.2) is 33.7 Å². The second-order valence-corrected chi connectivity index (χ2v) is 6.22. The number of rotatable bonds is 3. The van der Waals surface area contributed by atoms with E-state index >= 15 is 0 Å². The Balaban J connectivity index is 2.38. The molecule has 116 valence electrons. The summed E-state index contributed by atoms with van der Waals surface area (Å²) >= 11 is 0. The van der Waals surface area contributed by atoms with Gasteiger partial charge in [-0.25, -0.2) is 4.99 Å². The molecule has 0 amide bonds. The van der Waals surface area contributed by atoms with Crippen LogP contribution < -0.4 is 0 Å². The number of aliphatic imine (C=N–C) groups is 2. The maximum atomic E-state index is 12.3. The molecule has 6 nitrogen and oxygen atoms in total. The monoisotopic (exact) mass is 300 g/mol. The van der Waals surface area contributed by atoms with Gasteiger partial charge in [-0.3, -0.25) is 9.79 Å². The minimum absolute atomic E-state index is 0.133. The molecular weight excluding hydrogens is 280 g/mol. The SMILES string of the molecule is C=N/C=C(\N=C)N1CCOC2(C=C(C#N)C(=O)C(C)(C)C2)C1. The van der Waals surface area contributed by atoms with Crippen LogP contribution in [-0.4, -0.2) is 49.4 Å². The van der Waals surface area contributed by atoms with Crippen molar-refractivity contribution in [2.75, 3.05) is 19.7 Å². The van der Waals surface area contributed by atoms with E-state index in [0.717, 1.165) is 0 Å². The Morgan fingerprint density at radius 3 is 2.86 bits per heavy atom. The van der Waals surface area contributed by atoms with E-state index in [4.69, 9.17) is 4.74 Å². The molecule has 1 saturated heterocycles. The van der Waals surface area contributed by atoms with Gasteiger partial charge in [0.25, 0.3) is 0 Å². The normalized spacial score (nSPS) is 28.0. The average Bonchev–Trinajstić information content (AvgIpc) is 2.48. The summed E-state index contributed by atoms with van der Waals surface area (Å²) in [6.45, 7) is 12.3. The van der Waals surface area contributed by atoms with Gasteiger partial charge >= 0.3 is 0 Å². The number of morpholine rings is 1. The van der Waals surface area contributed by atoms with Crippen LogP contribution in [0.3, 0.4) is 0 Å². The fraction of sp³-hybridized carbons (Fsp3) is 0.500. The zero-order valence-electron chi connectivity index (χ0n) is 13.0. The van der Waals surface area contributed by atoms with Gasteiger partial charge in [0, 0.05) is 12.0 Å². The number of hydrogen-bond donors (Lipinski definition) is 0. The first-order valence-corrected chi connectivity index (χ1v) is 7.07. The van der Waals surface area contributed by atoms with Gasteiger partial charge in [0.15, 0.2) is 5.78 Å². The predicted molar refractivity (Wildman–Crippen MR) is 84.5 cm³/mol. The third kappa shape index (κ3) is 2.85. The minimum Gasteiger partial charge on any atom is -0.367 e. The third-order valence-electron chi connectivity index (χ3n) is 4.03. The molecule has 1 heterocycles. The summed E-state index contributed by atoms with van der Waals surface area (Å²) in [5.74, 6) is 0.478. The molecule has 0 N–H and O–H groups in total. The third-order valence-corrected chi connectivity index (χ3v) is 4.03. The topological polar surface area (TPSA) is 78.0 Å². The summed E-state index contributed by atoms with van der Waals surface area (Å²) in [5, 5.41) is 9.24. The highest BCUT2D eigenvalue weighted by molar-refractivity contribution is 6.03. The molecule has 1 unspecified atom stereocenters. The van der Waals surface area contributed by atoms with E-state index in [1.165, 1.54) is 0 Å². The van der Waals surface area contributed by atoms with Crippen molar-refractivity contribution in [3.05, 3.63) is 23.7 Å². The van der Waals surface area contributed by atoms with Gasteiger partial charge in [-0.1, -0.05) is 13.8 Å². The van der Waals surface area contributed by atoms with Crippen LogP contribution in [-0.2, 0) is 9.53 Å². The van der Waals surface area contributed by atoms with Gasteiger partial charge in [0.2, 0.25) is 0 Å². The second-order valence-electron chi connectivity index (χ2n) is 6.22. The van der Waals surface area contributed by atoms with Crippen LogP contribution in [0, 0.1) is 16.7 Å². The summed E-state index contributed by atoms with van der Waals surface area (Å²) < 4.78 is 5.97. The van der Waals surface area contributed by atoms with Crippen LogP contribution in [0.4, 0.5) is 0 Å². The number of nitriles is 1. The van der Waals surface area contributed by atoms with Crippen molar-refractivity contribution < 1.29 is 9.53 Å². The number of allylic oxidation sites excluding steroid dienone is 1. The highest BCUT2D eigenvalue weighted by atomic mass is 16.5. The Labute approximate surface area is 130 Å². The summed E-state index contributed by atoms with van der Waals surface area (Å²) in [6, 6.07) is 2.00. The maximum Gasteiger partial charge on any atom is 0.178 e. The molecule has 1 spiro atoms. The number of hydrogen-bond acceptors (Lipinski definition) is 6. The van der Waals surface area contributed by atoms with Crippen LogP contribution >= 0.6 is 0 Å². The number of carbonyl (C=O) groups excluding carboxylic acids is 1. The molecule has 0 aromatic heterocycles. The van der Waals surface area contributed by atoms with Crippen molar-refractivity contribution in [1.82, 2.24) is 4.90 Å². The second kappa shape index (κ2) is 5.85. The van der Waals surface area contributed by atoms with Gasteiger partial charge < -0.3 is 9.64 Å².